The van der Waals surface area contributed by atoms with Gasteiger partial charge in [-0.2, -0.15) is 0 Å². The van der Waals surface area contributed by atoms with Gasteiger partial charge in [0, 0.05) is 29.8 Å². The van der Waals surface area contributed by atoms with Crippen LogP contribution in [0, 0.1) is 6.92 Å². The third kappa shape index (κ3) is 4.77. The van der Waals surface area contributed by atoms with Crippen molar-refractivity contribution in [3.8, 4) is 11.3 Å². The molecule has 4 nitrogen and oxygen atoms in total. The van der Waals surface area contributed by atoms with Gasteiger partial charge in [0.25, 0.3) is 0 Å². The van der Waals surface area contributed by atoms with E-state index in [1.54, 1.807) is 18.4 Å². The number of hydrogen-bond donors (Lipinski definition) is 2. The molecule has 1 aromatic heterocycles. The van der Waals surface area contributed by atoms with Gasteiger partial charge in [-0.25, -0.2) is 4.98 Å². The van der Waals surface area contributed by atoms with Crippen molar-refractivity contribution in [1.82, 2.24) is 10.3 Å². The molecule has 0 aliphatic rings. The van der Waals surface area contributed by atoms with Gasteiger partial charge >= 0.3 is 0 Å². The van der Waals surface area contributed by atoms with Gasteiger partial charge in [0.15, 0.2) is 5.11 Å². The third-order valence-electron chi connectivity index (χ3n) is 2.83. The van der Waals surface area contributed by atoms with E-state index in [0.717, 1.165) is 22.0 Å². The summed E-state index contributed by atoms with van der Waals surface area (Å²) >= 11 is 6.95. The summed E-state index contributed by atoms with van der Waals surface area (Å²) in [4.78, 5) is 4.50. The van der Waals surface area contributed by atoms with E-state index in [1.807, 2.05) is 38.1 Å². The molecule has 0 aliphatic carbocycles. The van der Waals surface area contributed by atoms with E-state index >= 15 is 0 Å². The number of nitrogens with zero attached hydrogens (tertiary/aromatic N) is 1. The lowest BCUT2D eigenvalue weighted by Crippen LogP contribution is -2.38. The molecule has 1 unspecified atom stereocenters. The minimum atomic E-state index is 0.166. The van der Waals surface area contributed by atoms with E-state index in [2.05, 4.69) is 21.0 Å². The second kappa shape index (κ2) is 7.49. The molecule has 0 bridgehead atoms. The minimum absolute atomic E-state index is 0.166. The number of thiocarbonyl (C=S) groups is 1. The average Bonchev–Trinajstić information content (AvgIpc) is 2.86. The Hall–Kier alpha value is -1.50. The van der Waals surface area contributed by atoms with Crippen LogP contribution in [0.25, 0.3) is 11.3 Å². The van der Waals surface area contributed by atoms with Crippen LogP contribution in [0.5, 0.6) is 0 Å². The van der Waals surface area contributed by atoms with Crippen LogP contribution in [0.4, 0.5) is 5.69 Å². The molecule has 0 radical (unpaired) electrons. The van der Waals surface area contributed by atoms with Crippen molar-refractivity contribution in [2.24, 2.45) is 0 Å². The van der Waals surface area contributed by atoms with E-state index in [4.69, 9.17) is 17.0 Å². The molecular weight excluding hydrogens is 302 g/mol. The first-order valence-electron chi connectivity index (χ1n) is 6.67. The molecule has 0 saturated carbocycles. The number of aryl methyl sites for hydroxylation is 1. The van der Waals surface area contributed by atoms with Crippen molar-refractivity contribution >= 4 is 34.4 Å². The summed E-state index contributed by atoms with van der Waals surface area (Å²) in [5, 5.41) is 10.1. The summed E-state index contributed by atoms with van der Waals surface area (Å²) in [7, 11) is 1.67. The topological polar surface area (TPSA) is 46.2 Å². The molecule has 1 atom stereocenters. The fraction of sp³-hybridized carbons (Fsp3) is 0.333. The van der Waals surface area contributed by atoms with Crippen LogP contribution in [-0.2, 0) is 4.74 Å². The maximum absolute atomic E-state index is 5.30. The Morgan fingerprint density at radius 1 is 1.48 bits per heavy atom. The van der Waals surface area contributed by atoms with Crippen molar-refractivity contribution in [1.29, 1.82) is 0 Å². The zero-order valence-electron chi connectivity index (χ0n) is 12.3. The average molecular weight is 321 g/mol. The smallest absolute Gasteiger partial charge is 0.171 e. The molecule has 2 rings (SSSR count). The number of benzene rings is 1. The van der Waals surface area contributed by atoms with E-state index < -0.39 is 0 Å². The van der Waals surface area contributed by atoms with Gasteiger partial charge in [0.2, 0.25) is 0 Å². The fourth-order valence-electron chi connectivity index (χ4n) is 1.93. The molecular formula is C15H19N3OS2. The molecule has 112 valence electrons. The first kappa shape index (κ1) is 15.9. The van der Waals surface area contributed by atoms with Crippen molar-refractivity contribution in [2.45, 2.75) is 19.9 Å². The second-order valence-corrected chi connectivity index (χ2v) is 6.26. The number of aromatic nitrogens is 1. The predicted octanol–water partition coefficient (Wildman–Crippen LogP) is 3.44. The van der Waals surface area contributed by atoms with Crippen LogP contribution in [0.2, 0.25) is 0 Å². The van der Waals surface area contributed by atoms with E-state index in [-0.39, 0.29) is 6.04 Å². The summed E-state index contributed by atoms with van der Waals surface area (Å²) < 4.78 is 5.08. The highest BCUT2D eigenvalue weighted by Gasteiger charge is 2.06. The van der Waals surface area contributed by atoms with E-state index in [0.29, 0.717) is 11.7 Å². The summed E-state index contributed by atoms with van der Waals surface area (Å²) in [5.41, 5.74) is 3.02. The molecule has 0 saturated heterocycles. The van der Waals surface area contributed by atoms with Crippen LogP contribution in [0.1, 0.15) is 11.9 Å². The highest BCUT2D eigenvalue weighted by Crippen LogP contribution is 2.24. The SMILES string of the molecule is COCC(C)NC(=S)Nc1cccc(-c2csc(C)n2)c1. The first-order valence-corrected chi connectivity index (χ1v) is 7.96. The van der Waals surface area contributed by atoms with Gasteiger partial charge in [0.1, 0.15) is 0 Å². The molecule has 0 aliphatic heterocycles. The Morgan fingerprint density at radius 3 is 2.95 bits per heavy atom. The fourth-order valence-corrected chi connectivity index (χ4v) is 2.88. The quantitative estimate of drug-likeness (QED) is 0.826. The first-order chi connectivity index (χ1) is 10.1. The number of thiazole rings is 1. The zero-order valence-corrected chi connectivity index (χ0v) is 14.0. The highest BCUT2D eigenvalue weighted by atomic mass is 32.1. The van der Waals surface area contributed by atoms with Gasteiger partial charge in [-0.15, -0.1) is 11.3 Å². The normalized spacial score (nSPS) is 12.0. The Labute approximate surface area is 134 Å². The zero-order chi connectivity index (χ0) is 15.2. The number of methoxy groups -OCH3 is 1. The highest BCUT2D eigenvalue weighted by molar-refractivity contribution is 7.80. The molecule has 0 amide bonds. The van der Waals surface area contributed by atoms with Gasteiger partial charge in [-0.1, -0.05) is 12.1 Å². The van der Waals surface area contributed by atoms with Crippen LogP contribution in [0.3, 0.4) is 0 Å². The number of hydrogen-bond acceptors (Lipinski definition) is 4. The standard InChI is InChI=1S/C15H19N3OS2/c1-10(8-19-3)16-15(20)18-13-6-4-5-12(7-13)14-9-21-11(2)17-14/h4-7,9-10H,8H2,1-3H3,(H2,16,18,20). The van der Waals surface area contributed by atoms with Gasteiger partial charge in [0.05, 0.1) is 17.3 Å². The van der Waals surface area contributed by atoms with E-state index in [1.165, 1.54) is 0 Å². The molecule has 6 heteroatoms. The Balaban J connectivity index is 2.03. The van der Waals surface area contributed by atoms with Crippen LogP contribution >= 0.6 is 23.6 Å². The summed E-state index contributed by atoms with van der Waals surface area (Å²) in [6.07, 6.45) is 0. The van der Waals surface area contributed by atoms with Crippen LogP contribution in [-0.4, -0.2) is 29.9 Å². The van der Waals surface area contributed by atoms with Gasteiger partial charge < -0.3 is 15.4 Å². The third-order valence-corrected chi connectivity index (χ3v) is 3.82. The molecule has 2 N–H and O–H groups in total. The van der Waals surface area contributed by atoms with Gasteiger partial charge in [-0.05, 0) is 38.2 Å². The monoisotopic (exact) mass is 321 g/mol. The van der Waals surface area contributed by atoms with Gasteiger partial charge in [-0.3, -0.25) is 0 Å². The lowest BCUT2D eigenvalue weighted by Gasteiger charge is -2.16. The number of nitrogens with one attached hydrogen (secondary N) is 2. The van der Waals surface area contributed by atoms with Crippen molar-refractivity contribution < 1.29 is 4.74 Å². The van der Waals surface area contributed by atoms with Crippen molar-refractivity contribution in [2.75, 3.05) is 19.0 Å². The summed E-state index contributed by atoms with van der Waals surface area (Å²) in [6, 6.07) is 8.23. The molecule has 0 spiro atoms. The van der Waals surface area contributed by atoms with Crippen molar-refractivity contribution in [3.05, 3.63) is 34.7 Å². The maximum atomic E-state index is 5.30. The maximum Gasteiger partial charge on any atom is 0.171 e. The number of rotatable bonds is 5. The lowest BCUT2D eigenvalue weighted by atomic mass is 10.1. The number of ether oxygens (including phenoxy) is 1. The Bertz CT molecular complexity index is 612. The predicted molar refractivity (Wildman–Crippen MR) is 93.0 cm³/mol. The largest absolute Gasteiger partial charge is 0.383 e. The number of anilines is 1. The van der Waals surface area contributed by atoms with E-state index in [9.17, 15) is 0 Å². The second-order valence-electron chi connectivity index (χ2n) is 4.79. The van der Waals surface area contributed by atoms with Crippen LogP contribution in [0.15, 0.2) is 29.6 Å². The summed E-state index contributed by atoms with van der Waals surface area (Å²) in [6.45, 7) is 4.64. The molecule has 2 aromatic rings. The Morgan fingerprint density at radius 2 is 2.29 bits per heavy atom. The minimum Gasteiger partial charge on any atom is -0.383 e. The summed E-state index contributed by atoms with van der Waals surface area (Å²) in [5.74, 6) is 0. The molecule has 21 heavy (non-hydrogen) atoms. The molecule has 1 heterocycles. The van der Waals surface area contributed by atoms with Crippen molar-refractivity contribution in [3.63, 3.8) is 0 Å². The lowest BCUT2D eigenvalue weighted by molar-refractivity contribution is 0.179. The molecule has 0 fully saturated rings. The Kier molecular flexibility index (Phi) is 5.67. The molecule has 1 aromatic carbocycles. The van der Waals surface area contributed by atoms with Crippen LogP contribution < -0.4 is 10.6 Å².